The lowest BCUT2D eigenvalue weighted by Gasteiger charge is -2.18. The van der Waals surface area contributed by atoms with Crippen LogP contribution in [0.3, 0.4) is 0 Å². The summed E-state index contributed by atoms with van der Waals surface area (Å²) in [7, 11) is 1.69. The third-order valence-electron chi connectivity index (χ3n) is 2.69. The second kappa shape index (κ2) is 5.69. The lowest BCUT2D eigenvalue weighted by atomic mass is 10.2. The first-order valence-electron chi connectivity index (χ1n) is 5.80. The number of urea groups is 1. The Hall–Kier alpha value is -2.80. The molecule has 0 aliphatic rings. The normalized spacial score (nSPS) is 9.47. The molecule has 0 atom stereocenters. The van der Waals surface area contributed by atoms with Gasteiger partial charge in [-0.3, -0.25) is 4.90 Å². The molecule has 2 aromatic carbocycles. The van der Waals surface area contributed by atoms with E-state index >= 15 is 0 Å². The van der Waals surface area contributed by atoms with Crippen molar-refractivity contribution < 1.29 is 4.79 Å². The molecule has 0 aromatic heterocycles. The Balaban J connectivity index is 2.11. The fraction of sp³-hybridized carbons (Fsp3) is 0.0667. The number of hydrogen-bond acceptors (Lipinski definition) is 2. The number of amides is 2. The Morgan fingerprint density at radius 3 is 2.58 bits per heavy atom. The van der Waals surface area contributed by atoms with Gasteiger partial charge in [0.2, 0.25) is 0 Å². The molecule has 0 bridgehead atoms. The molecule has 4 nitrogen and oxygen atoms in total. The number of nitriles is 1. The van der Waals surface area contributed by atoms with Crippen molar-refractivity contribution in [1.82, 2.24) is 0 Å². The highest BCUT2D eigenvalue weighted by atomic mass is 16.2. The molecule has 0 aliphatic heterocycles. The van der Waals surface area contributed by atoms with Crippen molar-refractivity contribution in [3.63, 3.8) is 0 Å². The van der Waals surface area contributed by atoms with Gasteiger partial charge in [0.05, 0.1) is 11.6 Å². The molecule has 94 valence electrons. The van der Waals surface area contributed by atoms with Gasteiger partial charge in [0, 0.05) is 18.4 Å². The summed E-state index contributed by atoms with van der Waals surface area (Å²) in [6, 6.07) is 17.9. The van der Waals surface area contributed by atoms with E-state index in [4.69, 9.17) is 5.26 Å². The van der Waals surface area contributed by atoms with Gasteiger partial charge in [0.1, 0.15) is 0 Å². The van der Waals surface area contributed by atoms with E-state index in [0.717, 1.165) is 5.69 Å². The minimum absolute atomic E-state index is 0.249. The smallest absolute Gasteiger partial charge is 0.308 e. The van der Waals surface area contributed by atoms with Crippen LogP contribution in [0.4, 0.5) is 16.2 Å². The summed E-state index contributed by atoms with van der Waals surface area (Å²) < 4.78 is 0. The molecule has 2 rings (SSSR count). The van der Waals surface area contributed by atoms with Crippen molar-refractivity contribution >= 4 is 17.4 Å². The number of benzene rings is 2. The second-order valence-electron chi connectivity index (χ2n) is 4.02. The summed E-state index contributed by atoms with van der Waals surface area (Å²) >= 11 is 0. The van der Waals surface area contributed by atoms with E-state index in [9.17, 15) is 4.79 Å². The van der Waals surface area contributed by atoms with E-state index in [2.05, 4.69) is 5.32 Å². The Morgan fingerprint density at radius 2 is 1.89 bits per heavy atom. The van der Waals surface area contributed by atoms with E-state index in [1.54, 1.807) is 31.3 Å². The highest BCUT2D eigenvalue weighted by molar-refractivity contribution is 6.01. The third-order valence-corrected chi connectivity index (χ3v) is 2.69. The van der Waals surface area contributed by atoms with E-state index < -0.39 is 0 Å². The van der Waals surface area contributed by atoms with Gasteiger partial charge in [-0.05, 0) is 30.3 Å². The van der Waals surface area contributed by atoms with E-state index in [0.29, 0.717) is 11.3 Å². The maximum Gasteiger partial charge on any atom is 0.326 e. The first-order valence-corrected chi connectivity index (χ1v) is 5.80. The molecular formula is C15H13N3O. The van der Waals surface area contributed by atoms with Gasteiger partial charge in [-0.15, -0.1) is 0 Å². The average Bonchev–Trinajstić information content (AvgIpc) is 2.47. The van der Waals surface area contributed by atoms with Crippen LogP contribution in [0.15, 0.2) is 54.6 Å². The SMILES string of the molecule is CN(C(=O)Nc1cccc(C#N)c1)c1ccccc1. The molecule has 0 saturated heterocycles. The summed E-state index contributed by atoms with van der Waals surface area (Å²) in [5.41, 5.74) is 1.92. The molecule has 2 amide bonds. The highest BCUT2D eigenvalue weighted by Gasteiger charge is 2.10. The molecule has 0 unspecified atom stereocenters. The molecule has 19 heavy (non-hydrogen) atoms. The van der Waals surface area contributed by atoms with Crippen molar-refractivity contribution in [2.45, 2.75) is 0 Å². The Morgan fingerprint density at radius 1 is 1.16 bits per heavy atom. The lowest BCUT2D eigenvalue weighted by Crippen LogP contribution is -2.31. The number of hydrogen-bond donors (Lipinski definition) is 1. The molecular weight excluding hydrogens is 238 g/mol. The molecule has 0 radical (unpaired) electrons. The number of nitrogens with zero attached hydrogens (tertiary/aromatic N) is 2. The molecule has 0 fully saturated rings. The number of carbonyl (C=O) groups is 1. The van der Waals surface area contributed by atoms with Crippen molar-refractivity contribution in [3.8, 4) is 6.07 Å². The summed E-state index contributed by atoms with van der Waals surface area (Å²) in [5, 5.41) is 11.6. The molecule has 0 aliphatic carbocycles. The number of rotatable bonds is 2. The predicted octanol–water partition coefficient (Wildman–Crippen LogP) is 3.23. The molecule has 0 heterocycles. The van der Waals surface area contributed by atoms with Gasteiger partial charge >= 0.3 is 6.03 Å². The summed E-state index contributed by atoms with van der Waals surface area (Å²) in [6.07, 6.45) is 0. The fourth-order valence-corrected chi connectivity index (χ4v) is 1.64. The van der Waals surface area contributed by atoms with E-state index in [1.807, 2.05) is 36.4 Å². The summed E-state index contributed by atoms with van der Waals surface area (Å²) in [4.78, 5) is 13.6. The number of para-hydroxylation sites is 1. The summed E-state index contributed by atoms with van der Waals surface area (Å²) in [6.45, 7) is 0. The number of nitrogens with one attached hydrogen (secondary N) is 1. The minimum Gasteiger partial charge on any atom is -0.308 e. The molecule has 0 saturated carbocycles. The Bertz CT molecular complexity index is 617. The first-order chi connectivity index (χ1) is 9.20. The van der Waals surface area contributed by atoms with Crippen molar-refractivity contribution in [3.05, 3.63) is 60.2 Å². The number of carbonyl (C=O) groups excluding carboxylic acids is 1. The summed E-state index contributed by atoms with van der Waals surface area (Å²) in [5.74, 6) is 0. The maximum absolute atomic E-state index is 12.0. The van der Waals surface area contributed by atoms with Crippen LogP contribution < -0.4 is 10.2 Å². The van der Waals surface area contributed by atoms with Gasteiger partial charge in [-0.25, -0.2) is 4.79 Å². The van der Waals surface area contributed by atoms with Gasteiger partial charge in [0.25, 0.3) is 0 Å². The van der Waals surface area contributed by atoms with Crippen LogP contribution in [0.1, 0.15) is 5.56 Å². The van der Waals surface area contributed by atoms with Crippen molar-refractivity contribution in [1.29, 1.82) is 5.26 Å². The van der Waals surface area contributed by atoms with E-state index in [1.165, 1.54) is 4.90 Å². The van der Waals surface area contributed by atoms with Crippen molar-refractivity contribution in [2.24, 2.45) is 0 Å². The average molecular weight is 251 g/mol. The van der Waals surface area contributed by atoms with Crippen LogP contribution in [0.5, 0.6) is 0 Å². The van der Waals surface area contributed by atoms with Gasteiger partial charge in [0.15, 0.2) is 0 Å². The zero-order valence-electron chi connectivity index (χ0n) is 10.5. The second-order valence-corrected chi connectivity index (χ2v) is 4.02. The molecule has 0 spiro atoms. The number of anilines is 2. The highest BCUT2D eigenvalue weighted by Crippen LogP contribution is 2.14. The van der Waals surface area contributed by atoms with Crippen LogP contribution in [0.2, 0.25) is 0 Å². The Labute approximate surface area is 111 Å². The molecule has 2 aromatic rings. The quantitative estimate of drug-likeness (QED) is 0.890. The van der Waals surface area contributed by atoms with E-state index in [-0.39, 0.29) is 6.03 Å². The fourth-order valence-electron chi connectivity index (χ4n) is 1.64. The Kier molecular flexibility index (Phi) is 3.79. The zero-order valence-corrected chi connectivity index (χ0v) is 10.5. The van der Waals surface area contributed by atoms with Crippen LogP contribution in [0.25, 0.3) is 0 Å². The van der Waals surface area contributed by atoms with Crippen LogP contribution >= 0.6 is 0 Å². The largest absolute Gasteiger partial charge is 0.326 e. The minimum atomic E-state index is -0.249. The maximum atomic E-state index is 12.0. The van der Waals surface area contributed by atoms with Crippen LogP contribution in [-0.2, 0) is 0 Å². The van der Waals surface area contributed by atoms with Crippen LogP contribution in [-0.4, -0.2) is 13.1 Å². The first kappa shape index (κ1) is 12.7. The van der Waals surface area contributed by atoms with Crippen molar-refractivity contribution in [2.75, 3.05) is 17.3 Å². The third kappa shape index (κ3) is 3.11. The zero-order chi connectivity index (χ0) is 13.7. The van der Waals surface area contributed by atoms with Gasteiger partial charge < -0.3 is 5.32 Å². The standard InChI is InChI=1S/C15H13N3O/c1-18(14-8-3-2-4-9-14)15(19)17-13-7-5-6-12(10-13)11-16/h2-10H,1H3,(H,17,19). The van der Waals surface area contributed by atoms with Gasteiger partial charge in [-0.2, -0.15) is 5.26 Å². The topological polar surface area (TPSA) is 56.1 Å². The lowest BCUT2D eigenvalue weighted by molar-refractivity contribution is 0.258. The van der Waals surface area contributed by atoms with Gasteiger partial charge in [-0.1, -0.05) is 24.3 Å². The molecule has 1 N–H and O–H groups in total. The monoisotopic (exact) mass is 251 g/mol. The van der Waals surface area contributed by atoms with Crippen LogP contribution in [0, 0.1) is 11.3 Å². The molecule has 4 heteroatoms. The predicted molar refractivity (Wildman–Crippen MR) is 75.0 cm³/mol.